The van der Waals surface area contributed by atoms with Crippen LogP contribution in [0.3, 0.4) is 0 Å². The number of aromatic nitrogens is 4. The first-order valence-electron chi connectivity index (χ1n) is 9.90. The van der Waals surface area contributed by atoms with Crippen molar-refractivity contribution in [2.45, 2.75) is 32.7 Å². The predicted molar refractivity (Wildman–Crippen MR) is 123 cm³/mol. The molecule has 0 aliphatic rings. The minimum atomic E-state index is -1.01. The highest BCUT2D eigenvalue weighted by molar-refractivity contribution is 9.10. The van der Waals surface area contributed by atoms with Gasteiger partial charge in [-0.1, -0.05) is 18.2 Å². The van der Waals surface area contributed by atoms with E-state index >= 15 is 0 Å². The number of carboxylic acid groups (broad SMARTS) is 1. The number of amides is 1. The Kier molecular flexibility index (Phi) is 5.68. The molecule has 1 N–H and O–H groups in total. The van der Waals surface area contributed by atoms with E-state index in [9.17, 15) is 14.3 Å². The first-order valence-corrected chi connectivity index (χ1v) is 10.7. The van der Waals surface area contributed by atoms with Crippen LogP contribution in [-0.4, -0.2) is 36.3 Å². The average Bonchev–Trinajstić information content (AvgIpc) is 3.11. The summed E-state index contributed by atoms with van der Waals surface area (Å²) in [5.74, 6) is 0.0493. The molecule has 9 heteroatoms. The maximum atomic E-state index is 14.0. The minimum Gasteiger partial charge on any atom is -0.465 e. The molecule has 7 nitrogen and oxygen atoms in total. The first kappa shape index (κ1) is 21.9. The van der Waals surface area contributed by atoms with Gasteiger partial charge in [0.1, 0.15) is 11.5 Å². The highest BCUT2D eigenvalue weighted by Gasteiger charge is 2.27. The van der Waals surface area contributed by atoms with Crippen molar-refractivity contribution in [2.75, 3.05) is 4.90 Å². The average molecular weight is 498 g/mol. The number of halogens is 2. The number of hydrogen-bond donors (Lipinski definition) is 1. The molecular weight excluding hydrogens is 477 g/mol. The van der Waals surface area contributed by atoms with Gasteiger partial charge in [0.2, 0.25) is 0 Å². The molecule has 0 radical (unpaired) electrons. The van der Waals surface area contributed by atoms with Crippen LogP contribution >= 0.6 is 15.9 Å². The Morgan fingerprint density at radius 1 is 1.16 bits per heavy atom. The van der Waals surface area contributed by atoms with Crippen molar-refractivity contribution < 1.29 is 14.3 Å². The van der Waals surface area contributed by atoms with Gasteiger partial charge in [-0.2, -0.15) is 5.10 Å². The molecular formula is C23H21BrFN5O2. The summed E-state index contributed by atoms with van der Waals surface area (Å²) in [5, 5.41) is 14.3. The van der Waals surface area contributed by atoms with Gasteiger partial charge >= 0.3 is 6.09 Å². The number of imidazole rings is 1. The molecule has 2 aromatic heterocycles. The summed E-state index contributed by atoms with van der Waals surface area (Å²) in [6.07, 6.45) is 2.71. The third-order valence-electron chi connectivity index (χ3n) is 4.93. The molecule has 164 valence electrons. The number of hydrogen-bond acceptors (Lipinski definition) is 4. The van der Waals surface area contributed by atoms with E-state index in [1.165, 1.54) is 11.0 Å². The van der Waals surface area contributed by atoms with E-state index in [2.05, 4.69) is 31.0 Å². The minimum absolute atomic E-state index is 0.379. The SMILES string of the molecule is CC(C)(C)N(C(=O)O)c1cccc(Cc2cnc3ncc(-c4ccc(Br)c(F)c4)nn23)c1. The summed E-state index contributed by atoms with van der Waals surface area (Å²) in [5.41, 5.74) is 2.80. The van der Waals surface area contributed by atoms with Gasteiger partial charge in [0, 0.05) is 23.2 Å². The Labute approximate surface area is 192 Å². The van der Waals surface area contributed by atoms with Crippen molar-refractivity contribution in [3.8, 4) is 11.3 Å². The smallest absolute Gasteiger partial charge is 0.412 e. The maximum absolute atomic E-state index is 14.0. The van der Waals surface area contributed by atoms with Gasteiger partial charge in [-0.15, -0.1) is 0 Å². The second kappa shape index (κ2) is 8.31. The molecule has 32 heavy (non-hydrogen) atoms. The fourth-order valence-electron chi connectivity index (χ4n) is 3.53. The van der Waals surface area contributed by atoms with Crippen LogP contribution in [0.2, 0.25) is 0 Å². The van der Waals surface area contributed by atoms with Crippen molar-refractivity contribution >= 4 is 33.5 Å². The third-order valence-corrected chi connectivity index (χ3v) is 5.58. The van der Waals surface area contributed by atoms with Gasteiger partial charge in [0.25, 0.3) is 5.78 Å². The van der Waals surface area contributed by atoms with Crippen LogP contribution in [0.4, 0.5) is 14.9 Å². The fourth-order valence-corrected chi connectivity index (χ4v) is 3.77. The highest BCUT2D eigenvalue weighted by Crippen LogP contribution is 2.26. The zero-order valence-corrected chi connectivity index (χ0v) is 19.3. The number of carbonyl (C=O) groups is 1. The molecule has 0 atom stereocenters. The molecule has 1 amide bonds. The van der Waals surface area contributed by atoms with E-state index in [0.717, 1.165) is 11.3 Å². The maximum Gasteiger partial charge on any atom is 0.412 e. The molecule has 4 rings (SSSR count). The first-order chi connectivity index (χ1) is 15.1. The number of benzene rings is 2. The summed E-state index contributed by atoms with van der Waals surface area (Å²) >= 11 is 3.15. The molecule has 0 spiro atoms. The van der Waals surface area contributed by atoms with E-state index < -0.39 is 11.6 Å². The van der Waals surface area contributed by atoms with Gasteiger partial charge in [0.15, 0.2) is 0 Å². The quantitative estimate of drug-likeness (QED) is 0.398. The zero-order valence-electron chi connectivity index (χ0n) is 17.8. The van der Waals surface area contributed by atoms with Crippen molar-refractivity contribution in [1.82, 2.24) is 19.6 Å². The van der Waals surface area contributed by atoms with E-state index in [-0.39, 0.29) is 5.82 Å². The fraction of sp³-hybridized carbons (Fsp3) is 0.217. The summed E-state index contributed by atoms with van der Waals surface area (Å²) in [7, 11) is 0. The summed E-state index contributed by atoms with van der Waals surface area (Å²) in [4.78, 5) is 21.8. The van der Waals surface area contributed by atoms with E-state index in [1.807, 2.05) is 39.0 Å². The lowest BCUT2D eigenvalue weighted by Gasteiger charge is -2.33. The second-order valence-electron chi connectivity index (χ2n) is 8.37. The number of nitrogens with zero attached hydrogens (tertiary/aromatic N) is 5. The molecule has 0 saturated heterocycles. The van der Waals surface area contributed by atoms with Crippen LogP contribution in [-0.2, 0) is 6.42 Å². The highest BCUT2D eigenvalue weighted by atomic mass is 79.9. The lowest BCUT2D eigenvalue weighted by Crippen LogP contribution is -2.45. The summed E-state index contributed by atoms with van der Waals surface area (Å²) in [6.45, 7) is 5.54. The molecule has 0 unspecified atom stereocenters. The second-order valence-corrected chi connectivity index (χ2v) is 9.22. The number of rotatable bonds is 4. The topological polar surface area (TPSA) is 83.6 Å². The Hall–Kier alpha value is -3.33. The van der Waals surface area contributed by atoms with Crippen molar-refractivity contribution in [1.29, 1.82) is 0 Å². The monoisotopic (exact) mass is 497 g/mol. The lowest BCUT2D eigenvalue weighted by molar-refractivity contribution is 0.195. The van der Waals surface area contributed by atoms with Gasteiger partial charge in [-0.3, -0.25) is 4.90 Å². The largest absolute Gasteiger partial charge is 0.465 e. The molecule has 0 saturated carbocycles. The Morgan fingerprint density at radius 2 is 1.91 bits per heavy atom. The van der Waals surface area contributed by atoms with E-state index in [4.69, 9.17) is 0 Å². The molecule has 0 aliphatic heterocycles. The summed E-state index contributed by atoms with van der Waals surface area (Å²) < 4.78 is 16.0. The van der Waals surface area contributed by atoms with Gasteiger partial charge in [-0.25, -0.2) is 23.7 Å². The van der Waals surface area contributed by atoms with Gasteiger partial charge in [-0.05, 0) is 66.5 Å². The third kappa shape index (κ3) is 4.34. The molecule has 2 heterocycles. The Balaban J connectivity index is 1.69. The van der Waals surface area contributed by atoms with Crippen LogP contribution in [0.25, 0.3) is 17.0 Å². The standard InChI is InChI=1S/C23H21BrFN5O2/c1-23(2,3)29(22(31)32)16-6-4-5-14(9-16)10-17-12-26-21-27-13-20(28-30(17)21)15-7-8-18(24)19(25)11-15/h4-9,11-13H,10H2,1-3H3,(H,31,32). The normalized spacial score (nSPS) is 11.7. The number of anilines is 1. The lowest BCUT2D eigenvalue weighted by atomic mass is 10.0. The molecule has 0 fully saturated rings. The molecule has 2 aromatic carbocycles. The molecule has 4 aromatic rings. The van der Waals surface area contributed by atoms with Gasteiger partial charge < -0.3 is 5.11 Å². The summed E-state index contributed by atoms with van der Waals surface area (Å²) in [6, 6.07) is 12.2. The van der Waals surface area contributed by atoms with Crippen molar-refractivity contribution in [3.63, 3.8) is 0 Å². The van der Waals surface area contributed by atoms with Gasteiger partial charge in [0.05, 0.1) is 22.6 Å². The van der Waals surface area contributed by atoms with Crippen LogP contribution in [0.15, 0.2) is 59.3 Å². The zero-order chi connectivity index (χ0) is 23.0. The molecule has 0 bridgehead atoms. The van der Waals surface area contributed by atoms with E-state index in [1.54, 1.807) is 35.1 Å². The molecule has 0 aliphatic carbocycles. The number of fused-ring (bicyclic) bond motifs is 1. The van der Waals surface area contributed by atoms with Crippen LogP contribution < -0.4 is 4.90 Å². The Morgan fingerprint density at radius 3 is 2.59 bits per heavy atom. The van der Waals surface area contributed by atoms with Crippen molar-refractivity contribution in [2.24, 2.45) is 0 Å². The van der Waals surface area contributed by atoms with Crippen LogP contribution in [0.5, 0.6) is 0 Å². The van der Waals surface area contributed by atoms with Crippen LogP contribution in [0, 0.1) is 5.82 Å². The Bertz CT molecular complexity index is 1320. The van der Waals surface area contributed by atoms with E-state index in [0.29, 0.717) is 33.6 Å². The van der Waals surface area contributed by atoms with Crippen molar-refractivity contribution in [3.05, 3.63) is 76.4 Å². The predicted octanol–water partition coefficient (Wildman–Crippen LogP) is 5.57. The van der Waals surface area contributed by atoms with Crippen LogP contribution in [0.1, 0.15) is 32.0 Å².